The van der Waals surface area contributed by atoms with Gasteiger partial charge in [0.15, 0.2) is 0 Å². The van der Waals surface area contributed by atoms with Crippen molar-refractivity contribution in [3.63, 3.8) is 0 Å². The summed E-state index contributed by atoms with van der Waals surface area (Å²) in [4.78, 5) is 4.73. The van der Waals surface area contributed by atoms with E-state index >= 15 is 0 Å². The third-order valence-electron chi connectivity index (χ3n) is 4.83. The number of halogens is 2. The van der Waals surface area contributed by atoms with E-state index in [-0.39, 0.29) is 11.9 Å². The molecule has 2 N–H and O–H groups in total. The summed E-state index contributed by atoms with van der Waals surface area (Å²) in [7, 11) is 0. The fourth-order valence-corrected chi connectivity index (χ4v) is 3.70. The van der Waals surface area contributed by atoms with Gasteiger partial charge in [0, 0.05) is 31.2 Å². The van der Waals surface area contributed by atoms with Gasteiger partial charge < -0.3 is 5.73 Å². The highest BCUT2D eigenvalue weighted by Crippen LogP contribution is 2.29. The highest BCUT2D eigenvalue weighted by atomic mass is 19.1. The SMILES string of the molecule is NCC(c1cc(F)ccc1F)N1CCC(N2CCCC2)C1. The molecule has 3 nitrogen and oxygen atoms in total. The second-order valence-corrected chi connectivity index (χ2v) is 6.10. The van der Waals surface area contributed by atoms with E-state index in [1.165, 1.54) is 38.1 Å². The van der Waals surface area contributed by atoms with Crippen LogP contribution < -0.4 is 5.73 Å². The van der Waals surface area contributed by atoms with Gasteiger partial charge in [-0.05, 0) is 50.6 Å². The predicted molar refractivity (Wildman–Crippen MR) is 78.9 cm³/mol. The monoisotopic (exact) mass is 295 g/mol. The van der Waals surface area contributed by atoms with Crippen molar-refractivity contribution in [3.8, 4) is 0 Å². The lowest BCUT2D eigenvalue weighted by atomic mass is 10.0. The summed E-state index contributed by atoms with van der Waals surface area (Å²) < 4.78 is 27.4. The summed E-state index contributed by atoms with van der Waals surface area (Å²) in [6, 6.07) is 3.95. The van der Waals surface area contributed by atoms with Crippen molar-refractivity contribution in [3.05, 3.63) is 35.4 Å². The summed E-state index contributed by atoms with van der Waals surface area (Å²) >= 11 is 0. The van der Waals surface area contributed by atoms with Crippen molar-refractivity contribution in [1.29, 1.82) is 0 Å². The minimum atomic E-state index is -0.403. The van der Waals surface area contributed by atoms with E-state index < -0.39 is 5.82 Å². The van der Waals surface area contributed by atoms with Crippen LogP contribution in [0.1, 0.15) is 30.9 Å². The van der Waals surface area contributed by atoms with Gasteiger partial charge in [-0.3, -0.25) is 9.80 Å². The lowest BCUT2D eigenvalue weighted by molar-refractivity contribution is 0.200. The van der Waals surface area contributed by atoms with Gasteiger partial charge in [0.1, 0.15) is 11.6 Å². The van der Waals surface area contributed by atoms with Crippen LogP contribution in [0.2, 0.25) is 0 Å². The number of hydrogen-bond acceptors (Lipinski definition) is 3. The molecule has 0 radical (unpaired) electrons. The van der Waals surface area contributed by atoms with Crippen molar-refractivity contribution in [2.24, 2.45) is 5.73 Å². The zero-order valence-corrected chi connectivity index (χ0v) is 12.3. The van der Waals surface area contributed by atoms with Gasteiger partial charge in [0.2, 0.25) is 0 Å². The molecule has 2 fully saturated rings. The standard InChI is InChI=1S/C16H23F2N3/c17-12-3-4-15(18)14(9-12)16(10-19)21-8-5-13(11-21)20-6-1-2-7-20/h3-4,9,13,16H,1-2,5-8,10-11,19H2. The van der Waals surface area contributed by atoms with Gasteiger partial charge in [-0.25, -0.2) is 8.78 Å². The van der Waals surface area contributed by atoms with Crippen LogP contribution >= 0.6 is 0 Å². The minimum absolute atomic E-state index is 0.228. The van der Waals surface area contributed by atoms with Crippen LogP contribution in [0.4, 0.5) is 8.78 Å². The van der Waals surface area contributed by atoms with Crippen molar-refractivity contribution in [2.75, 3.05) is 32.7 Å². The normalized spacial score (nSPS) is 25.6. The first kappa shape index (κ1) is 14.9. The Balaban J connectivity index is 1.73. The van der Waals surface area contributed by atoms with Gasteiger partial charge in [0.05, 0.1) is 6.04 Å². The molecule has 1 aromatic carbocycles. The molecule has 21 heavy (non-hydrogen) atoms. The summed E-state index contributed by atoms with van der Waals surface area (Å²) in [6.45, 7) is 4.45. The molecule has 0 aromatic heterocycles. The van der Waals surface area contributed by atoms with Gasteiger partial charge in [-0.2, -0.15) is 0 Å². The first-order chi connectivity index (χ1) is 10.2. The maximum Gasteiger partial charge on any atom is 0.128 e. The number of likely N-dealkylation sites (tertiary alicyclic amines) is 2. The topological polar surface area (TPSA) is 32.5 Å². The number of hydrogen-bond donors (Lipinski definition) is 1. The molecule has 2 saturated heterocycles. The van der Waals surface area contributed by atoms with E-state index in [0.717, 1.165) is 25.6 Å². The van der Waals surface area contributed by atoms with Crippen molar-refractivity contribution < 1.29 is 8.78 Å². The molecule has 0 saturated carbocycles. The van der Waals surface area contributed by atoms with Gasteiger partial charge in [-0.15, -0.1) is 0 Å². The summed E-state index contributed by atoms with van der Waals surface area (Å²) in [5.41, 5.74) is 6.25. The quantitative estimate of drug-likeness (QED) is 0.923. The average molecular weight is 295 g/mol. The Labute approximate surface area is 124 Å². The molecule has 0 aliphatic carbocycles. The molecule has 0 spiro atoms. The van der Waals surface area contributed by atoms with Crippen LogP contribution in [-0.2, 0) is 0 Å². The summed E-state index contributed by atoms with van der Waals surface area (Å²) in [6.07, 6.45) is 3.64. The van der Waals surface area contributed by atoms with Crippen LogP contribution in [0.25, 0.3) is 0 Å². The number of nitrogens with two attached hydrogens (primary N) is 1. The minimum Gasteiger partial charge on any atom is -0.329 e. The fraction of sp³-hybridized carbons (Fsp3) is 0.625. The first-order valence-electron chi connectivity index (χ1n) is 7.82. The van der Waals surface area contributed by atoms with Crippen LogP contribution in [0.5, 0.6) is 0 Å². The second-order valence-electron chi connectivity index (χ2n) is 6.10. The smallest absolute Gasteiger partial charge is 0.128 e. The van der Waals surface area contributed by atoms with E-state index in [1.54, 1.807) is 0 Å². The molecule has 2 unspecified atom stereocenters. The Morgan fingerprint density at radius 1 is 1.19 bits per heavy atom. The molecule has 5 heteroatoms. The second kappa shape index (κ2) is 6.38. The van der Waals surface area contributed by atoms with E-state index in [2.05, 4.69) is 9.80 Å². The Morgan fingerprint density at radius 2 is 1.95 bits per heavy atom. The summed E-state index contributed by atoms with van der Waals surface area (Å²) in [5.74, 6) is -0.767. The number of rotatable bonds is 4. The zero-order chi connectivity index (χ0) is 14.8. The molecular weight excluding hydrogens is 272 g/mol. The van der Waals surface area contributed by atoms with Crippen LogP contribution in [-0.4, -0.2) is 48.6 Å². The molecule has 2 atom stereocenters. The van der Waals surface area contributed by atoms with E-state index in [1.807, 2.05) is 0 Å². The largest absolute Gasteiger partial charge is 0.329 e. The van der Waals surface area contributed by atoms with E-state index in [4.69, 9.17) is 5.73 Å². The molecule has 2 aliphatic rings. The van der Waals surface area contributed by atoms with Crippen LogP contribution in [0.3, 0.4) is 0 Å². The number of benzene rings is 1. The Bertz CT molecular complexity index is 488. The van der Waals surface area contributed by atoms with Crippen LogP contribution in [0.15, 0.2) is 18.2 Å². The zero-order valence-electron chi connectivity index (χ0n) is 12.3. The molecule has 116 valence electrons. The number of nitrogens with zero attached hydrogens (tertiary/aromatic N) is 2. The average Bonchev–Trinajstić information content (AvgIpc) is 3.14. The Hall–Kier alpha value is -1.04. The maximum atomic E-state index is 14.0. The van der Waals surface area contributed by atoms with Gasteiger partial charge in [-0.1, -0.05) is 0 Å². The lowest BCUT2D eigenvalue weighted by Crippen LogP contribution is -2.38. The third-order valence-corrected chi connectivity index (χ3v) is 4.83. The highest BCUT2D eigenvalue weighted by Gasteiger charge is 2.33. The van der Waals surface area contributed by atoms with Crippen molar-refractivity contribution in [2.45, 2.75) is 31.3 Å². The van der Waals surface area contributed by atoms with Gasteiger partial charge >= 0.3 is 0 Å². The molecule has 1 aromatic rings. The lowest BCUT2D eigenvalue weighted by Gasteiger charge is -2.29. The molecule has 2 heterocycles. The van der Waals surface area contributed by atoms with Crippen molar-refractivity contribution >= 4 is 0 Å². The Morgan fingerprint density at radius 3 is 2.67 bits per heavy atom. The fourth-order valence-electron chi connectivity index (χ4n) is 3.70. The molecular formula is C16H23F2N3. The first-order valence-corrected chi connectivity index (χ1v) is 7.82. The molecule has 3 rings (SSSR count). The molecule has 2 aliphatic heterocycles. The third kappa shape index (κ3) is 3.10. The molecule has 0 bridgehead atoms. The predicted octanol–water partition coefficient (Wildman–Crippen LogP) is 2.13. The summed E-state index contributed by atoms with van der Waals surface area (Å²) in [5, 5.41) is 0. The van der Waals surface area contributed by atoms with Gasteiger partial charge in [0.25, 0.3) is 0 Å². The van der Waals surface area contributed by atoms with E-state index in [9.17, 15) is 8.78 Å². The van der Waals surface area contributed by atoms with Crippen LogP contribution in [0, 0.1) is 11.6 Å². The molecule has 0 amide bonds. The van der Waals surface area contributed by atoms with Crippen molar-refractivity contribution in [1.82, 2.24) is 9.80 Å². The highest BCUT2D eigenvalue weighted by molar-refractivity contribution is 5.23. The maximum absolute atomic E-state index is 14.0. The van der Waals surface area contributed by atoms with E-state index in [0.29, 0.717) is 18.2 Å². The Kier molecular flexibility index (Phi) is 4.52.